The molecule has 0 radical (unpaired) electrons. The molecule has 3 aromatic carbocycles. The molecule has 0 amide bonds. The lowest BCUT2D eigenvalue weighted by atomic mass is 10.2. The first-order chi connectivity index (χ1) is 12.7. The molecule has 0 aliphatic carbocycles. The Morgan fingerprint density at radius 1 is 0.538 bits per heavy atom. The lowest BCUT2D eigenvalue weighted by molar-refractivity contribution is 1.19. The van der Waals surface area contributed by atoms with Crippen LogP contribution in [0.4, 0.5) is 17.1 Å². The van der Waals surface area contributed by atoms with Gasteiger partial charge in [0.15, 0.2) is 0 Å². The van der Waals surface area contributed by atoms with Crippen LogP contribution in [0.3, 0.4) is 0 Å². The average Bonchev–Trinajstić information content (AvgIpc) is 2.73. The summed E-state index contributed by atoms with van der Waals surface area (Å²) < 4.78 is 0. The fourth-order valence-electron chi connectivity index (χ4n) is 3.93. The standard InChI is InChI=1S/C24H29NSi/c1-4-26(5-2,6-3)24-19-17-23(18-20-24)25(21-13-9-7-10-14-21)22-15-11-8-12-16-22/h7-20H,4-6H2,1-3H3. The quantitative estimate of drug-likeness (QED) is 0.416. The predicted molar refractivity (Wildman–Crippen MR) is 118 cm³/mol. The average molecular weight is 360 g/mol. The second-order valence-electron chi connectivity index (χ2n) is 6.89. The third-order valence-corrected chi connectivity index (χ3v) is 11.4. The summed E-state index contributed by atoms with van der Waals surface area (Å²) in [5, 5.41) is 1.59. The van der Waals surface area contributed by atoms with Gasteiger partial charge in [-0.15, -0.1) is 0 Å². The highest BCUT2D eigenvalue weighted by atomic mass is 28.3. The molecule has 0 N–H and O–H groups in total. The lowest BCUT2D eigenvalue weighted by Crippen LogP contribution is -2.45. The van der Waals surface area contributed by atoms with E-state index in [-0.39, 0.29) is 0 Å². The summed E-state index contributed by atoms with van der Waals surface area (Å²) in [4.78, 5) is 2.33. The van der Waals surface area contributed by atoms with Crippen molar-refractivity contribution in [2.24, 2.45) is 0 Å². The van der Waals surface area contributed by atoms with Crippen LogP contribution in [0.5, 0.6) is 0 Å². The summed E-state index contributed by atoms with van der Waals surface area (Å²) in [5.41, 5.74) is 3.60. The molecule has 0 aromatic heterocycles. The van der Waals surface area contributed by atoms with Crippen LogP contribution < -0.4 is 10.1 Å². The first-order valence-corrected chi connectivity index (χ1v) is 12.4. The molecule has 3 rings (SSSR count). The van der Waals surface area contributed by atoms with E-state index in [0.29, 0.717) is 0 Å². The maximum atomic E-state index is 2.39. The zero-order chi connectivity index (χ0) is 18.4. The minimum absolute atomic E-state index is 1.19. The van der Waals surface area contributed by atoms with Gasteiger partial charge in [0, 0.05) is 17.1 Å². The molecule has 0 atom stereocenters. The molecule has 0 spiro atoms. The molecule has 0 heterocycles. The highest BCUT2D eigenvalue weighted by molar-refractivity contribution is 6.91. The largest absolute Gasteiger partial charge is 0.311 e. The molecule has 1 nitrogen and oxygen atoms in total. The van der Waals surface area contributed by atoms with Crippen LogP contribution in [-0.2, 0) is 0 Å². The molecule has 26 heavy (non-hydrogen) atoms. The Hall–Kier alpha value is -2.32. The van der Waals surface area contributed by atoms with E-state index in [9.17, 15) is 0 Å². The molecular formula is C24H29NSi. The van der Waals surface area contributed by atoms with Crippen molar-refractivity contribution in [2.75, 3.05) is 4.90 Å². The van der Waals surface area contributed by atoms with Crippen LogP contribution in [0.2, 0.25) is 18.1 Å². The van der Waals surface area contributed by atoms with Gasteiger partial charge in [-0.25, -0.2) is 0 Å². The number of hydrogen-bond acceptors (Lipinski definition) is 1. The SMILES string of the molecule is CC[Si](CC)(CC)c1ccc(N(c2ccccc2)c2ccccc2)cc1. The van der Waals surface area contributed by atoms with E-state index in [0.717, 1.165) is 0 Å². The minimum Gasteiger partial charge on any atom is -0.311 e. The summed E-state index contributed by atoms with van der Waals surface area (Å²) in [6, 6.07) is 34.6. The molecule has 3 aromatic rings. The number of benzene rings is 3. The number of nitrogens with zero attached hydrogens (tertiary/aromatic N) is 1. The van der Waals surface area contributed by atoms with Gasteiger partial charge < -0.3 is 4.90 Å². The highest BCUT2D eigenvalue weighted by Crippen LogP contribution is 2.34. The van der Waals surface area contributed by atoms with E-state index in [1.165, 1.54) is 35.2 Å². The van der Waals surface area contributed by atoms with Crippen molar-refractivity contribution in [3.05, 3.63) is 84.9 Å². The summed E-state index contributed by atoms with van der Waals surface area (Å²) in [7, 11) is -1.33. The summed E-state index contributed by atoms with van der Waals surface area (Å²) in [6.07, 6.45) is 0. The summed E-state index contributed by atoms with van der Waals surface area (Å²) in [6.45, 7) is 7.11. The van der Waals surface area contributed by atoms with E-state index in [1.54, 1.807) is 5.19 Å². The highest BCUT2D eigenvalue weighted by Gasteiger charge is 2.29. The zero-order valence-electron chi connectivity index (χ0n) is 16.2. The Balaban J connectivity index is 2.03. The molecule has 0 saturated carbocycles. The summed E-state index contributed by atoms with van der Waals surface area (Å²) >= 11 is 0. The van der Waals surface area contributed by atoms with Crippen molar-refractivity contribution in [2.45, 2.75) is 38.9 Å². The van der Waals surface area contributed by atoms with Crippen molar-refractivity contribution in [1.29, 1.82) is 0 Å². The van der Waals surface area contributed by atoms with E-state index in [1.807, 2.05) is 0 Å². The van der Waals surface area contributed by atoms with Crippen LogP contribution in [0, 0.1) is 0 Å². The Labute approximate surface area is 159 Å². The second kappa shape index (κ2) is 8.37. The van der Waals surface area contributed by atoms with Crippen LogP contribution in [0.1, 0.15) is 20.8 Å². The minimum atomic E-state index is -1.33. The van der Waals surface area contributed by atoms with Crippen molar-refractivity contribution in [1.82, 2.24) is 0 Å². The molecular weight excluding hydrogens is 330 g/mol. The predicted octanol–water partition coefficient (Wildman–Crippen LogP) is 6.87. The topological polar surface area (TPSA) is 3.24 Å². The van der Waals surface area contributed by atoms with Crippen molar-refractivity contribution in [3.8, 4) is 0 Å². The molecule has 0 unspecified atom stereocenters. The van der Waals surface area contributed by atoms with Crippen LogP contribution in [-0.4, -0.2) is 8.07 Å². The third-order valence-electron chi connectivity index (χ3n) is 5.80. The molecule has 134 valence electrons. The van der Waals surface area contributed by atoms with Gasteiger partial charge >= 0.3 is 0 Å². The van der Waals surface area contributed by atoms with Crippen molar-refractivity contribution in [3.63, 3.8) is 0 Å². The normalized spacial score (nSPS) is 11.3. The Morgan fingerprint density at radius 3 is 1.31 bits per heavy atom. The number of anilines is 3. The van der Waals surface area contributed by atoms with Crippen LogP contribution >= 0.6 is 0 Å². The second-order valence-corrected chi connectivity index (χ2v) is 12.2. The third kappa shape index (κ3) is 3.61. The van der Waals surface area contributed by atoms with E-state index in [4.69, 9.17) is 0 Å². The fourth-order valence-corrected chi connectivity index (χ4v) is 7.53. The van der Waals surface area contributed by atoms with E-state index in [2.05, 4.69) is 111 Å². The number of para-hydroxylation sites is 2. The van der Waals surface area contributed by atoms with E-state index >= 15 is 0 Å². The maximum Gasteiger partial charge on any atom is 0.0859 e. The Kier molecular flexibility index (Phi) is 5.95. The Morgan fingerprint density at radius 2 is 0.923 bits per heavy atom. The van der Waals surface area contributed by atoms with Gasteiger partial charge in [-0.05, 0) is 36.4 Å². The first-order valence-electron chi connectivity index (χ1n) is 9.75. The van der Waals surface area contributed by atoms with Crippen molar-refractivity contribution < 1.29 is 0 Å². The monoisotopic (exact) mass is 359 g/mol. The molecule has 0 fully saturated rings. The van der Waals surface area contributed by atoms with Crippen LogP contribution in [0.15, 0.2) is 84.9 Å². The van der Waals surface area contributed by atoms with Gasteiger partial charge in [-0.3, -0.25) is 0 Å². The van der Waals surface area contributed by atoms with Gasteiger partial charge in [0.05, 0.1) is 8.07 Å². The molecule has 0 aliphatic heterocycles. The smallest absolute Gasteiger partial charge is 0.0859 e. The molecule has 0 saturated heterocycles. The fraction of sp³-hybridized carbons (Fsp3) is 0.250. The Bertz CT molecular complexity index is 745. The molecule has 2 heteroatoms. The van der Waals surface area contributed by atoms with Gasteiger partial charge in [0.1, 0.15) is 0 Å². The van der Waals surface area contributed by atoms with Crippen LogP contribution in [0.25, 0.3) is 0 Å². The van der Waals surface area contributed by atoms with Gasteiger partial charge in [0.2, 0.25) is 0 Å². The molecule has 0 bridgehead atoms. The maximum absolute atomic E-state index is 2.39. The van der Waals surface area contributed by atoms with Gasteiger partial charge in [0.25, 0.3) is 0 Å². The van der Waals surface area contributed by atoms with Gasteiger partial charge in [-0.1, -0.05) is 92.6 Å². The first kappa shape index (κ1) is 18.5. The molecule has 0 aliphatic rings. The zero-order valence-corrected chi connectivity index (χ0v) is 17.2. The number of hydrogen-bond donors (Lipinski definition) is 0. The number of rotatable bonds is 7. The van der Waals surface area contributed by atoms with Crippen molar-refractivity contribution >= 4 is 30.3 Å². The lowest BCUT2D eigenvalue weighted by Gasteiger charge is -2.30. The van der Waals surface area contributed by atoms with E-state index < -0.39 is 8.07 Å². The summed E-state index contributed by atoms with van der Waals surface area (Å²) in [5.74, 6) is 0. The van der Waals surface area contributed by atoms with Gasteiger partial charge in [-0.2, -0.15) is 0 Å².